The van der Waals surface area contributed by atoms with Crippen molar-refractivity contribution in [3.8, 4) is 11.5 Å². The van der Waals surface area contributed by atoms with Crippen LogP contribution in [-0.4, -0.2) is 29.2 Å². The van der Waals surface area contributed by atoms with Crippen molar-refractivity contribution in [3.05, 3.63) is 89.2 Å². The van der Waals surface area contributed by atoms with Crippen molar-refractivity contribution in [2.45, 2.75) is 33.4 Å². The molecule has 0 aliphatic carbocycles. The van der Waals surface area contributed by atoms with Gasteiger partial charge in [0.05, 0.1) is 31.3 Å². The molecule has 0 aliphatic rings. The number of aromatic nitrogens is 2. The van der Waals surface area contributed by atoms with E-state index >= 15 is 0 Å². The Morgan fingerprint density at radius 3 is 2.55 bits per heavy atom. The Morgan fingerprint density at radius 1 is 0.970 bits per heavy atom. The number of nitrogens with zero attached hydrogens (tertiary/aromatic N) is 2. The zero-order valence-corrected chi connectivity index (χ0v) is 19.3. The van der Waals surface area contributed by atoms with Crippen molar-refractivity contribution in [2.24, 2.45) is 0 Å². The Morgan fingerprint density at radius 2 is 1.76 bits per heavy atom. The average molecular weight is 444 g/mol. The summed E-state index contributed by atoms with van der Waals surface area (Å²) in [6, 6.07) is 21.4. The molecular formula is C27H29N3O3. The first-order chi connectivity index (χ1) is 16.0. The molecule has 1 amide bonds. The molecule has 0 atom stereocenters. The number of carbonyl (C=O) groups is 1. The molecule has 6 nitrogen and oxygen atoms in total. The van der Waals surface area contributed by atoms with Gasteiger partial charge in [-0.2, -0.15) is 0 Å². The molecule has 0 unspecified atom stereocenters. The third kappa shape index (κ3) is 5.52. The van der Waals surface area contributed by atoms with Gasteiger partial charge in [0.25, 0.3) is 5.91 Å². The summed E-state index contributed by atoms with van der Waals surface area (Å²) in [7, 11) is 1.59. The number of fused-ring (bicyclic) bond motifs is 1. The SMILES string of the molecule is COc1cccc(C(=O)NCc2nc3ccccc3n2CCCOc2cc(C)cc(C)c2)c1. The van der Waals surface area contributed by atoms with Gasteiger partial charge in [-0.05, 0) is 73.9 Å². The lowest BCUT2D eigenvalue weighted by atomic mass is 10.1. The zero-order valence-electron chi connectivity index (χ0n) is 19.3. The number of rotatable bonds is 9. The number of amides is 1. The van der Waals surface area contributed by atoms with E-state index < -0.39 is 0 Å². The summed E-state index contributed by atoms with van der Waals surface area (Å²) < 4.78 is 13.4. The first-order valence-electron chi connectivity index (χ1n) is 11.1. The fraction of sp³-hybridized carbons (Fsp3) is 0.259. The minimum atomic E-state index is -0.161. The van der Waals surface area contributed by atoms with Crippen LogP contribution in [0.15, 0.2) is 66.7 Å². The highest BCUT2D eigenvalue weighted by molar-refractivity contribution is 5.94. The van der Waals surface area contributed by atoms with E-state index in [2.05, 4.69) is 48.0 Å². The largest absolute Gasteiger partial charge is 0.497 e. The Kier molecular flexibility index (Phi) is 6.93. The van der Waals surface area contributed by atoms with Gasteiger partial charge in [-0.25, -0.2) is 4.98 Å². The van der Waals surface area contributed by atoms with Gasteiger partial charge in [0.15, 0.2) is 0 Å². The van der Waals surface area contributed by atoms with Crippen LogP contribution in [0, 0.1) is 13.8 Å². The van der Waals surface area contributed by atoms with Crippen LogP contribution >= 0.6 is 0 Å². The summed E-state index contributed by atoms with van der Waals surface area (Å²) in [5.41, 5.74) is 4.91. The standard InChI is InChI=1S/C27H29N3O3/c1-19-14-20(2)16-23(15-19)33-13-7-12-30-25-11-5-4-10-24(25)29-26(30)18-28-27(31)21-8-6-9-22(17-21)32-3/h4-6,8-11,14-17H,7,12-13,18H2,1-3H3,(H,28,31). The second-order valence-corrected chi connectivity index (χ2v) is 8.11. The number of imidazole rings is 1. The second kappa shape index (κ2) is 10.2. The second-order valence-electron chi connectivity index (χ2n) is 8.11. The third-order valence-electron chi connectivity index (χ3n) is 5.46. The molecule has 1 N–H and O–H groups in total. The Labute approximate surface area is 194 Å². The highest BCUT2D eigenvalue weighted by Gasteiger charge is 2.13. The molecule has 170 valence electrons. The van der Waals surface area contributed by atoms with E-state index in [1.54, 1.807) is 25.3 Å². The van der Waals surface area contributed by atoms with E-state index in [0.29, 0.717) is 24.5 Å². The smallest absolute Gasteiger partial charge is 0.251 e. The van der Waals surface area contributed by atoms with Crippen LogP contribution in [0.4, 0.5) is 0 Å². The number of benzene rings is 3. The van der Waals surface area contributed by atoms with Gasteiger partial charge in [0, 0.05) is 12.1 Å². The zero-order chi connectivity index (χ0) is 23.2. The van der Waals surface area contributed by atoms with Crippen molar-refractivity contribution >= 4 is 16.9 Å². The predicted octanol–water partition coefficient (Wildman–Crippen LogP) is 5.06. The Balaban J connectivity index is 1.43. The molecule has 0 saturated heterocycles. The first kappa shape index (κ1) is 22.4. The van der Waals surface area contributed by atoms with Crippen molar-refractivity contribution in [1.82, 2.24) is 14.9 Å². The van der Waals surface area contributed by atoms with Crippen molar-refractivity contribution in [3.63, 3.8) is 0 Å². The fourth-order valence-corrected chi connectivity index (χ4v) is 3.96. The van der Waals surface area contributed by atoms with Crippen LogP contribution in [0.25, 0.3) is 11.0 Å². The number of methoxy groups -OCH3 is 1. The molecule has 4 rings (SSSR count). The molecule has 0 spiro atoms. The quantitative estimate of drug-likeness (QED) is 0.367. The Bertz CT molecular complexity index is 1240. The van der Waals surface area contributed by atoms with Crippen LogP contribution in [-0.2, 0) is 13.1 Å². The molecule has 4 aromatic rings. The fourth-order valence-electron chi connectivity index (χ4n) is 3.96. The average Bonchev–Trinajstić information content (AvgIpc) is 3.17. The van der Waals surface area contributed by atoms with Gasteiger partial charge in [0.2, 0.25) is 0 Å². The summed E-state index contributed by atoms with van der Waals surface area (Å²) in [5, 5.41) is 2.99. The van der Waals surface area contributed by atoms with Crippen LogP contribution in [0.2, 0.25) is 0 Å². The maximum absolute atomic E-state index is 12.7. The summed E-state index contributed by atoms with van der Waals surface area (Å²) in [6.07, 6.45) is 0.824. The van der Waals surface area contributed by atoms with Gasteiger partial charge >= 0.3 is 0 Å². The predicted molar refractivity (Wildman–Crippen MR) is 130 cm³/mol. The molecule has 0 fully saturated rings. The van der Waals surface area contributed by atoms with Crippen LogP contribution in [0.1, 0.15) is 33.7 Å². The molecule has 0 aliphatic heterocycles. The van der Waals surface area contributed by atoms with Crippen molar-refractivity contribution in [1.29, 1.82) is 0 Å². The van der Waals surface area contributed by atoms with E-state index in [1.807, 2.05) is 24.3 Å². The summed E-state index contributed by atoms with van der Waals surface area (Å²) in [5.74, 6) is 2.21. The third-order valence-corrected chi connectivity index (χ3v) is 5.46. The van der Waals surface area contributed by atoms with E-state index in [9.17, 15) is 4.79 Å². The number of aryl methyl sites for hydroxylation is 3. The summed E-state index contributed by atoms with van der Waals surface area (Å²) in [4.78, 5) is 17.4. The van der Waals surface area contributed by atoms with Crippen LogP contribution < -0.4 is 14.8 Å². The number of carbonyl (C=O) groups excluding carboxylic acids is 1. The number of nitrogens with one attached hydrogen (secondary N) is 1. The topological polar surface area (TPSA) is 65.4 Å². The number of para-hydroxylation sites is 2. The van der Waals surface area contributed by atoms with Gasteiger partial charge in [-0.15, -0.1) is 0 Å². The molecule has 1 aromatic heterocycles. The molecule has 0 bridgehead atoms. The van der Waals surface area contributed by atoms with Gasteiger partial charge < -0.3 is 19.4 Å². The molecule has 0 saturated carbocycles. The molecular weight excluding hydrogens is 414 g/mol. The van der Waals surface area contributed by atoms with Gasteiger partial charge in [-0.1, -0.05) is 24.3 Å². The van der Waals surface area contributed by atoms with E-state index in [0.717, 1.165) is 35.6 Å². The van der Waals surface area contributed by atoms with Crippen molar-refractivity contribution in [2.75, 3.05) is 13.7 Å². The number of ether oxygens (including phenoxy) is 2. The summed E-state index contributed by atoms with van der Waals surface area (Å²) >= 11 is 0. The van der Waals surface area contributed by atoms with Crippen LogP contribution in [0.3, 0.4) is 0 Å². The molecule has 33 heavy (non-hydrogen) atoms. The molecule has 3 aromatic carbocycles. The highest BCUT2D eigenvalue weighted by atomic mass is 16.5. The lowest BCUT2D eigenvalue weighted by Crippen LogP contribution is -2.25. The molecule has 0 radical (unpaired) electrons. The molecule has 6 heteroatoms. The lowest BCUT2D eigenvalue weighted by molar-refractivity contribution is 0.0949. The highest BCUT2D eigenvalue weighted by Crippen LogP contribution is 2.19. The first-order valence-corrected chi connectivity index (χ1v) is 11.1. The Hall–Kier alpha value is -3.80. The van der Waals surface area contributed by atoms with Crippen LogP contribution in [0.5, 0.6) is 11.5 Å². The minimum absolute atomic E-state index is 0.161. The monoisotopic (exact) mass is 443 g/mol. The lowest BCUT2D eigenvalue weighted by Gasteiger charge is -2.12. The summed E-state index contributed by atoms with van der Waals surface area (Å²) in [6.45, 7) is 5.83. The number of hydrogen-bond acceptors (Lipinski definition) is 4. The normalized spacial score (nSPS) is 10.9. The molecule has 1 heterocycles. The van der Waals surface area contributed by atoms with E-state index in [4.69, 9.17) is 14.5 Å². The number of hydrogen-bond donors (Lipinski definition) is 1. The maximum Gasteiger partial charge on any atom is 0.251 e. The van der Waals surface area contributed by atoms with Gasteiger partial charge in [0.1, 0.15) is 17.3 Å². The minimum Gasteiger partial charge on any atom is -0.497 e. The van der Waals surface area contributed by atoms with Gasteiger partial charge in [-0.3, -0.25) is 4.79 Å². The van der Waals surface area contributed by atoms with E-state index in [-0.39, 0.29) is 5.91 Å². The van der Waals surface area contributed by atoms with E-state index in [1.165, 1.54) is 11.1 Å². The van der Waals surface area contributed by atoms with Crippen molar-refractivity contribution < 1.29 is 14.3 Å². The maximum atomic E-state index is 12.7.